The lowest BCUT2D eigenvalue weighted by molar-refractivity contribution is 0.461. The lowest BCUT2D eigenvalue weighted by Crippen LogP contribution is -2.24. The molecule has 1 aliphatic rings. The van der Waals surface area contributed by atoms with Gasteiger partial charge in [-0.3, -0.25) is 0 Å². The Labute approximate surface area is 103 Å². The van der Waals surface area contributed by atoms with Crippen LogP contribution >= 0.6 is 0 Å². The van der Waals surface area contributed by atoms with Crippen LogP contribution in [0.1, 0.15) is 50.4 Å². The van der Waals surface area contributed by atoms with Crippen LogP contribution in [0.2, 0.25) is 0 Å². The molecule has 1 aromatic rings. The number of rotatable bonds is 3. The van der Waals surface area contributed by atoms with Crippen LogP contribution in [0.4, 0.5) is 11.6 Å². The van der Waals surface area contributed by atoms with Crippen molar-refractivity contribution in [3.05, 3.63) is 11.4 Å². The van der Waals surface area contributed by atoms with Gasteiger partial charge in [-0.05, 0) is 26.2 Å². The average Bonchev–Trinajstić information content (AvgIpc) is 2.30. The second-order valence-corrected chi connectivity index (χ2v) is 4.82. The summed E-state index contributed by atoms with van der Waals surface area (Å²) in [6, 6.07) is 0.558. The Hall–Kier alpha value is -1.32. The molecule has 1 aromatic heterocycles. The van der Waals surface area contributed by atoms with Gasteiger partial charge >= 0.3 is 0 Å². The van der Waals surface area contributed by atoms with E-state index in [1.807, 2.05) is 6.92 Å². The predicted molar refractivity (Wildman–Crippen MR) is 71.1 cm³/mol. The molecule has 0 spiro atoms. The maximum Gasteiger partial charge on any atom is 0.135 e. The fourth-order valence-corrected chi connectivity index (χ4v) is 2.53. The largest absolute Gasteiger partial charge is 0.383 e. The van der Waals surface area contributed by atoms with Crippen molar-refractivity contribution in [3.63, 3.8) is 0 Å². The summed E-state index contributed by atoms with van der Waals surface area (Å²) in [7, 11) is 0. The standard InChI is InChI=1S/C13H22N4/c1-3-11-12(14)15-9(2)16-13(11)17-10-7-5-4-6-8-10/h10H,3-8H2,1-2H3,(H3,14,15,16,17). The van der Waals surface area contributed by atoms with Crippen LogP contribution in [0.5, 0.6) is 0 Å². The van der Waals surface area contributed by atoms with E-state index in [9.17, 15) is 0 Å². The predicted octanol–water partition coefficient (Wildman–Crippen LogP) is 2.67. The highest BCUT2D eigenvalue weighted by atomic mass is 15.1. The van der Waals surface area contributed by atoms with Crippen molar-refractivity contribution in [2.75, 3.05) is 11.1 Å². The van der Waals surface area contributed by atoms with E-state index in [1.54, 1.807) is 0 Å². The minimum atomic E-state index is 0.558. The van der Waals surface area contributed by atoms with Crippen LogP contribution in [0.25, 0.3) is 0 Å². The number of nitrogens with zero attached hydrogens (tertiary/aromatic N) is 2. The van der Waals surface area contributed by atoms with Crippen molar-refractivity contribution in [3.8, 4) is 0 Å². The molecule has 0 amide bonds. The molecule has 4 nitrogen and oxygen atoms in total. The Morgan fingerprint density at radius 2 is 1.94 bits per heavy atom. The Kier molecular flexibility index (Phi) is 3.82. The molecule has 94 valence electrons. The van der Waals surface area contributed by atoms with E-state index in [4.69, 9.17) is 5.73 Å². The molecule has 1 saturated carbocycles. The molecule has 0 aromatic carbocycles. The van der Waals surface area contributed by atoms with E-state index in [-0.39, 0.29) is 0 Å². The summed E-state index contributed by atoms with van der Waals surface area (Å²) in [4.78, 5) is 8.72. The highest BCUT2D eigenvalue weighted by Gasteiger charge is 2.16. The molecule has 0 radical (unpaired) electrons. The molecular formula is C13H22N4. The van der Waals surface area contributed by atoms with Gasteiger partial charge in [0.25, 0.3) is 0 Å². The minimum Gasteiger partial charge on any atom is -0.383 e. The van der Waals surface area contributed by atoms with Gasteiger partial charge in [0.15, 0.2) is 0 Å². The first kappa shape index (κ1) is 12.1. The third-order valence-electron chi connectivity index (χ3n) is 3.45. The van der Waals surface area contributed by atoms with Gasteiger partial charge in [0.2, 0.25) is 0 Å². The van der Waals surface area contributed by atoms with E-state index in [1.165, 1.54) is 32.1 Å². The van der Waals surface area contributed by atoms with Gasteiger partial charge in [0.1, 0.15) is 17.5 Å². The number of aromatic nitrogens is 2. The van der Waals surface area contributed by atoms with Crippen molar-refractivity contribution in [2.24, 2.45) is 0 Å². The Bertz CT molecular complexity index is 383. The maximum absolute atomic E-state index is 5.95. The topological polar surface area (TPSA) is 63.8 Å². The molecule has 3 N–H and O–H groups in total. The van der Waals surface area contributed by atoms with Gasteiger partial charge in [-0.25, -0.2) is 9.97 Å². The van der Waals surface area contributed by atoms with E-state index >= 15 is 0 Å². The normalized spacial score (nSPS) is 17.1. The zero-order valence-electron chi connectivity index (χ0n) is 10.8. The molecule has 0 unspecified atom stereocenters. The van der Waals surface area contributed by atoms with Crippen molar-refractivity contribution in [1.29, 1.82) is 0 Å². The first-order valence-electron chi connectivity index (χ1n) is 6.60. The number of nitrogen functional groups attached to an aromatic ring is 1. The van der Waals surface area contributed by atoms with Gasteiger partial charge < -0.3 is 11.1 Å². The fraction of sp³-hybridized carbons (Fsp3) is 0.692. The lowest BCUT2D eigenvalue weighted by Gasteiger charge is -2.24. The van der Waals surface area contributed by atoms with Crippen LogP contribution < -0.4 is 11.1 Å². The summed E-state index contributed by atoms with van der Waals surface area (Å²) >= 11 is 0. The van der Waals surface area contributed by atoms with Crippen LogP contribution in [0.3, 0.4) is 0 Å². The molecule has 0 aliphatic heterocycles. The van der Waals surface area contributed by atoms with Gasteiger partial charge in [-0.1, -0.05) is 26.2 Å². The van der Waals surface area contributed by atoms with Gasteiger partial charge in [-0.2, -0.15) is 0 Å². The number of hydrogen-bond donors (Lipinski definition) is 2. The quantitative estimate of drug-likeness (QED) is 0.844. The lowest BCUT2D eigenvalue weighted by atomic mass is 9.95. The van der Waals surface area contributed by atoms with E-state index in [0.29, 0.717) is 11.9 Å². The van der Waals surface area contributed by atoms with E-state index in [0.717, 1.165) is 23.6 Å². The molecule has 0 saturated heterocycles. The van der Waals surface area contributed by atoms with Gasteiger partial charge in [0, 0.05) is 11.6 Å². The number of nitrogens with one attached hydrogen (secondary N) is 1. The summed E-state index contributed by atoms with van der Waals surface area (Å²) in [5.41, 5.74) is 7.00. The Morgan fingerprint density at radius 1 is 1.24 bits per heavy atom. The number of nitrogens with two attached hydrogens (primary N) is 1. The number of aryl methyl sites for hydroxylation is 1. The first-order chi connectivity index (χ1) is 8.20. The molecule has 0 bridgehead atoms. The van der Waals surface area contributed by atoms with Crippen LogP contribution in [-0.4, -0.2) is 16.0 Å². The molecular weight excluding hydrogens is 212 g/mol. The third kappa shape index (κ3) is 2.87. The molecule has 1 fully saturated rings. The van der Waals surface area contributed by atoms with Crippen molar-refractivity contribution < 1.29 is 0 Å². The SMILES string of the molecule is CCc1c(N)nc(C)nc1NC1CCCCC1. The fourth-order valence-electron chi connectivity index (χ4n) is 2.53. The summed E-state index contributed by atoms with van der Waals surface area (Å²) < 4.78 is 0. The second-order valence-electron chi connectivity index (χ2n) is 4.82. The first-order valence-corrected chi connectivity index (χ1v) is 6.60. The van der Waals surface area contributed by atoms with Crippen molar-refractivity contribution in [2.45, 2.75) is 58.4 Å². The number of hydrogen-bond acceptors (Lipinski definition) is 4. The molecule has 2 rings (SSSR count). The summed E-state index contributed by atoms with van der Waals surface area (Å²) in [5.74, 6) is 2.32. The van der Waals surface area contributed by atoms with Crippen LogP contribution in [0, 0.1) is 6.92 Å². The summed E-state index contributed by atoms with van der Waals surface area (Å²) in [6.45, 7) is 3.98. The Balaban J connectivity index is 2.18. The summed E-state index contributed by atoms with van der Waals surface area (Å²) in [5, 5.41) is 3.55. The van der Waals surface area contributed by atoms with Gasteiger partial charge in [0.05, 0.1) is 0 Å². The highest BCUT2D eigenvalue weighted by molar-refractivity contribution is 5.56. The second kappa shape index (κ2) is 5.34. The zero-order valence-corrected chi connectivity index (χ0v) is 10.8. The monoisotopic (exact) mass is 234 g/mol. The minimum absolute atomic E-state index is 0.558. The molecule has 1 heterocycles. The van der Waals surface area contributed by atoms with Crippen molar-refractivity contribution in [1.82, 2.24) is 9.97 Å². The molecule has 1 aliphatic carbocycles. The van der Waals surface area contributed by atoms with Gasteiger partial charge in [-0.15, -0.1) is 0 Å². The summed E-state index contributed by atoms with van der Waals surface area (Å²) in [6.07, 6.45) is 7.36. The molecule has 17 heavy (non-hydrogen) atoms. The van der Waals surface area contributed by atoms with Crippen molar-refractivity contribution >= 4 is 11.6 Å². The third-order valence-corrected chi connectivity index (χ3v) is 3.45. The molecule has 0 atom stereocenters. The number of anilines is 2. The van der Waals surface area contributed by atoms with E-state index in [2.05, 4.69) is 22.2 Å². The van der Waals surface area contributed by atoms with Crippen LogP contribution in [0.15, 0.2) is 0 Å². The smallest absolute Gasteiger partial charge is 0.135 e. The Morgan fingerprint density at radius 3 is 2.59 bits per heavy atom. The van der Waals surface area contributed by atoms with Crippen LogP contribution in [-0.2, 0) is 6.42 Å². The maximum atomic E-state index is 5.95. The average molecular weight is 234 g/mol. The zero-order chi connectivity index (χ0) is 12.3. The molecule has 4 heteroatoms. The highest BCUT2D eigenvalue weighted by Crippen LogP contribution is 2.25. The van der Waals surface area contributed by atoms with E-state index < -0.39 is 0 Å².